The number of nitrogens with one attached hydrogen (secondary N) is 1. The van der Waals surface area contributed by atoms with Crippen LogP contribution in [0.4, 0.5) is 5.69 Å². The van der Waals surface area contributed by atoms with Crippen molar-refractivity contribution in [2.75, 3.05) is 4.90 Å². The molecule has 0 spiro atoms. The van der Waals surface area contributed by atoms with Crippen LogP contribution in [0, 0.1) is 13.8 Å². The van der Waals surface area contributed by atoms with Gasteiger partial charge in [-0.2, -0.15) is 5.10 Å². The van der Waals surface area contributed by atoms with Crippen molar-refractivity contribution in [1.82, 2.24) is 10.2 Å². The normalized spacial score (nSPS) is 16.7. The van der Waals surface area contributed by atoms with Crippen LogP contribution in [-0.2, 0) is 0 Å². The number of amides is 1. The maximum atomic E-state index is 12.9. The number of nitrogens with zero attached hydrogens (tertiary/aromatic N) is 2. The summed E-state index contributed by atoms with van der Waals surface area (Å²) in [5.41, 5.74) is 5.60. The minimum atomic E-state index is -0.139. The molecule has 0 aliphatic carbocycles. The number of anilines is 1. The lowest BCUT2D eigenvalue weighted by Gasteiger charge is -2.26. The van der Waals surface area contributed by atoms with Crippen LogP contribution in [0.2, 0.25) is 0 Å². The molecule has 4 heteroatoms. The first-order valence-electron chi connectivity index (χ1n) is 7.67. The Kier molecular flexibility index (Phi) is 3.05. The lowest BCUT2D eigenvalue weighted by Crippen LogP contribution is -2.29. The molecular formula is C19H17N3O. The van der Waals surface area contributed by atoms with Crippen LogP contribution in [0.15, 0.2) is 54.6 Å². The summed E-state index contributed by atoms with van der Waals surface area (Å²) in [6.07, 6.45) is 0. The summed E-state index contributed by atoms with van der Waals surface area (Å²) < 4.78 is 0. The molecule has 1 aliphatic heterocycles. The highest BCUT2D eigenvalue weighted by Gasteiger charge is 2.42. The lowest BCUT2D eigenvalue weighted by molar-refractivity contribution is 0.0988. The van der Waals surface area contributed by atoms with Gasteiger partial charge in [0.2, 0.25) is 0 Å². The summed E-state index contributed by atoms with van der Waals surface area (Å²) in [4.78, 5) is 14.8. The molecule has 2 heterocycles. The van der Waals surface area contributed by atoms with Crippen molar-refractivity contribution < 1.29 is 4.79 Å². The zero-order chi connectivity index (χ0) is 16.0. The van der Waals surface area contributed by atoms with Gasteiger partial charge >= 0.3 is 0 Å². The van der Waals surface area contributed by atoms with Crippen LogP contribution in [-0.4, -0.2) is 16.1 Å². The van der Waals surface area contributed by atoms with Crippen molar-refractivity contribution in [3.63, 3.8) is 0 Å². The molecule has 1 aromatic heterocycles. The van der Waals surface area contributed by atoms with Crippen LogP contribution < -0.4 is 4.90 Å². The Morgan fingerprint density at radius 1 is 1.00 bits per heavy atom. The highest BCUT2D eigenvalue weighted by molar-refractivity contribution is 6.10. The fourth-order valence-electron chi connectivity index (χ4n) is 3.22. The van der Waals surface area contributed by atoms with Crippen molar-refractivity contribution in [3.8, 4) is 0 Å². The molecular weight excluding hydrogens is 286 g/mol. The van der Waals surface area contributed by atoms with Crippen molar-refractivity contribution in [3.05, 3.63) is 82.7 Å². The molecule has 4 nitrogen and oxygen atoms in total. The number of hydrogen-bond donors (Lipinski definition) is 1. The van der Waals surface area contributed by atoms with Gasteiger partial charge < -0.3 is 0 Å². The first kappa shape index (κ1) is 13.8. The van der Waals surface area contributed by atoms with Gasteiger partial charge in [-0.15, -0.1) is 0 Å². The quantitative estimate of drug-likeness (QED) is 0.783. The fourth-order valence-corrected chi connectivity index (χ4v) is 3.22. The Bertz CT molecular complexity index is 865. The SMILES string of the molecule is Cc1ccc(N2C(=O)c3n[nH]c(C)c3[C@@H]2c2ccccc2)cc1. The van der Waals surface area contributed by atoms with E-state index in [1.165, 1.54) is 5.56 Å². The number of fused-ring (bicyclic) bond motifs is 1. The number of carbonyl (C=O) groups is 1. The second-order valence-corrected chi connectivity index (χ2v) is 5.93. The molecule has 0 saturated heterocycles. The Hall–Kier alpha value is -2.88. The minimum absolute atomic E-state index is 0.0537. The number of rotatable bonds is 2. The molecule has 4 rings (SSSR count). The van der Waals surface area contributed by atoms with E-state index in [1.807, 2.05) is 61.2 Å². The summed E-state index contributed by atoms with van der Waals surface area (Å²) in [6, 6.07) is 18.0. The number of aromatic amines is 1. The van der Waals surface area contributed by atoms with Crippen LogP contribution in [0.5, 0.6) is 0 Å². The van der Waals surface area contributed by atoms with E-state index >= 15 is 0 Å². The Balaban J connectivity index is 1.91. The highest BCUT2D eigenvalue weighted by atomic mass is 16.2. The van der Waals surface area contributed by atoms with Crippen molar-refractivity contribution in [2.24, 2.45) is 0 Å². The largest absolute Gasteiger partial charge is 0.295 e. The minimum Gasteiger partial charge on any atom is -0.295 e. The lowest BCUT2D eigenvalue weighted by atomic mass is 9.99. The summed E-state index contributed by atoms with van der Waals surface area (Å²) in [5.74, 6) is -0.0537. The van der Waals surface area contributed by atoms with Crippen LogP contribution in [0.25, 0.3) is 0 Å². The number of benzene rings is 2. The van der Waals surface area contributed by atoms with Crippen molar-refractivity contribution in [1.29, 1.82) is 0 Å². The monoisotopic (exact) mass is 303 g/mol. The predicted octanol–water partition coefficient (Wildman–Crippen LogP) is 3.78. The number of H-pyrrole nitrogens is 1. The number of carbonyl (C=O) groups excluding carboxylic acids is 1. The molecule has 114 valence electrons. The molecule has 1 aliphatic rings. The van der Waals surface area contributed by atoms with Crippen LogP contribution >= 0.6 is 0 Å². The number of aromatic nitrogens is 2. The second-order valence-electron chi connectivity index (χ2n) is 5.93. The number of aryl methyl sites for hydroxylation is 2. The summed E-state index contributed by atoms with van der Waals surface area (Å²) >= 11 is 0. The van der Waals surface area contributed by atoms with Gasteiger partial charge in [-0.25, -0.2) is 0 Å². The smallest absolute Gasteiger partial charge is 0.279 e. The molecule has 0 saturated carbocycles. The highest BCUT2D eigenvalue weighted by Crippen LogP contribution is 2.42. The van der Waals surface area contributed by atoms with Gasteiger partial charge in [-0.05, 0) is 31.5 Å². The third-order valence-corrected chi connectivity index (χ3v) is 4.38. The van der Waals surface area contributed by atoms with Gasteiger partial charge in [0, 0.05) is 16.9 Å². The standard InChI is InChI=1S/C19H17N3O/c1-12-8-10-15(11-9-12)22-18(14-6-4-3-5-7-14)16-13(2)20-21-17(16)19(22)23/h3-11,18H,1-2H3,(H,20,21)/t18-/m0/s1. The van der Waals surface area contributed by atoms with Gasteiger partial charge in [0.05, 0.1) is 6.04 Å². The summed E-state index contributed by atoms with van der Waals surface area (Å²) in [6.45, 7) is 4.01. The molecule has 23 heavy (non-hydrogen) atoms. The maximum absolute atomic E-state index is 12.9. The predicted molar refractivity (Wildman–Crippen MR) is 89.6 cm³/mol. The van der Waals surface area contributed by atoms with Gasteiger partial charge in [0.15, 0.2) is 5.69 Å². The maximum Gasteiger partial charge on any atom is 0.279 e. The van der Waals surface area contributed by atoms with Crippen molar-refractivity contribution in [2.45, 2.75) is 19.9 Å². The summed E-state index contributed by atoms with van der Waals surface area (Å²) in [7, 11) is 0. The zero-order valence-corrected chi connectivity index (χ0v) is 13.1. The number of hydrogen-bond acceptors (Lipinski definition) is 2. The van der Waals surface area contributed by atoms with E-state index < -0.39 is 0 Å². The molecule has 0 bridgehead atoms. The van der Waals surface area contributed by atoms with Crippen LogP contribution in [0.1, 0.15) is 38.9 Å². The molecule has 0 unspecified atom stereocenters. The zero-order valence-electron chi connectivity index (χ0n) is 13.1. The average Bonchev–Trinajstić information content (AvgIpc) is 3.08. The Morgan fingerprint density at radius 3 is 2.39 bits per heavy atom. The van der Waals surface area contributed by atoms with E-state index in [1.54, 1.807) is 0 Å². The average molecular weight is 303 g/mol. The van der Waals surface area contributed by atoms with Crippen molar-refractivity contribution >= 4 is 11.6 Å². The fraction of sp³-hybridized carbons (Fsp3) is 0.158. The van der Waals surface area contributed by atoms with E-state index in [0.717, 1.165) is 22.5 Å². The first-order valence-corrected chi connectivity index (χ1v) is 7.67. The van der Waals surface area contributed by atoms with Gasteiger partial charge in [0.1, 0.15) is 0 Å². The van der Waals surface area contributed by atoms with Gasteiger partial charge in [-0.3, -0.25) is 14.8 Å². The van der Waals surface area contributed by atoms with Crippen LogP contribution in [0.3, 0.4) is 0 Å². The first-order chi connectivity index (χ1) is 11.2. The molecule has 0 radical (unpaired) electrons. The molecule has 2 aromatic carbocycles. The molecule has 1 atom stereocenters. The van der Waals surface area contributed by atoms with E-state index in [9.17, 15) is 4.79 Å². The van der Waals surface area contributed by atoms with E-state index in [0.29, 0.717) is 5.69 Å². The topological polar surface area (TPSA) is 49.0 Å². The van der Waals surface area contributed by atoms with Gasteiger partial charge in [0.25, 0.3) is 5.91 Å². The van der Waals surface area contributed by atoms with E-state index in [4.69, 9.17) is 0 Å². The third-order valence-electron chi connectivity index (χ3n) is 4.38. The molecule has 0 fully saturated rings. The second kappa shape index (κ2) is 5.09. The molecule has 1 amide bonds. The van der Waals surface area contributed by atoms with E-state index in [2.05, 4.69) is 22.3 Å². The molecule has 1 N–H and O–H groups in total. The van der Waals surface area contributed by atoms with E-state index in [-0.39, 0.29) is 11.9 Å². The van der Waals surface area contributed by atoms with Gasteiger partial charge in [-0.1, -0.05) is 48.0 Å². The Morgan fingerprint density at radius 2 is 1.70 bits per heavy atom. The third kappa shape index (κ3) is 2.06. The Labute approximate surface area is 134 Å². The summed E-state index contributed by atoms with van der Waals surface area (Å²) in [5, 5.41) is 7.18. The molecule has 3 aromatic rings.